The van der Waals surface area contributed by atoms with Crippen LogP contribution in [0, 0.1) is 6.92 Å². The van der Waals surface area contributed by atoms with Gasteiger partial charge in [0.15, 0.2) is 0 Å². The van der Waals surface area contributed by atoms with Crippen LogP contribution in [-0.2, 0) is 0 Å². The van der Waals surface area contributed by atoms with Crippen molar-refractivity contribution in [3.8, 4) is 0 Å². The summed E-state index contributed by atoms with van der Waals surface area (Å²) in [6.07, 6.45) is 5.56. The Bertz CT molecular complexity index is 310. The number of pyridine rings is 1. The van der Waals surface area contributed by atoms with Gasteiger partial charge in [0.25, 0.3) is 0 Å². The molecule has 0 aliphatic heterocycles. The second-order valence-electron chi connectivity index (χ2n) is 4.03. The number of hydrogen-bond donors (Lipinski definition) is 1. The van der Waals surface area contributed by atoms with Gasteiger partial charge in [-0.3, -0.25) is 0 Å². The maximum absolute atomic E-state index is 5.85. The average Bonchev–Trinajstić information content (AvgIpc) is 2.22. The third kappa shape index (κ3) is 3.42. The second-order valence-corrected chi connectivity index (χ2v) is 4.03. The fourth-order valence-corrected chi connectivity index (χ4v) is 1.45. The molecule has 0 saturated carbocycles. The van der Waals surface area contributed by atoms with E-state index in [-0.39, 0.29) is 0 Å². The van der Waals surface area contributed by atoms with Crippen molar-refractivity contribution in [2.24, 2.45) is 0 Å². The van der Waals surface area contributed by atoms with E-state index in [9.17, 15) is 0 Å². The molecule has 0 aliphatic rings. The maximum atomic E-state index is 5.85. The van der Waals surface area contributed by atoms with Crippen LogP contribution in [0.2, 0.25) is 0 Å². The molecule has 3 nitrogen and oxygen atoms in total. The molecule has 84 valence electrons. The largest absolute Gasteiger partial charge is 0.398 e. The molecule has 15 heavy (non-hydrogen) atoms. The molecule has 0 bridgehead atoms. The predicted octanol–water partition coefficient (Wildman–Crippen LogP) is 2.60. The van der Waals surface area contributed by atoms with E-state index in [4.69, 9.17) is 5.73 Å². The quantitative estimate of drug-likeness (QED) is 0.755. The number of anilines is 2. The smallest absolute Gasteiger partial charge is 0.130 e. The summed E-state index contributed by atoms with van der Waals surface area (Å²) in [5, 5.41) is 0. The lowest BCUT2D eigenvalue weighted by Crippen LogP contribution is -2.19. The van der Waals surface area contributed by atoms with E-state index in [1.54, 1.807) is 0 Å². The van der Waals surface area contributed by atoms with Crippen molar-refractivity contribution in [3.63, 3.8) is 0 Å². The van der Waals surface area contributed by atoms with E-state index in [1.165, 1.54) is 19.3 Å². The average molecular weight is 207 g/mol. The standard InChI is InChI=1S/C12H21N3/c1-4-5-6-7-15(3)12-8-11(13)10(2)9-14-12/h8-9H,4-7H2,1-3H3,(H2,13,14). The normalized spacial score (nSPS) is 10.3. The van der Waals surface area contributed by atoms with Gasteiger partial charge in [0.2, 0.25) is 0 Å². The van der Waals surface area contributed by atoms with Crippen molar-refractivity contribution in [2.45, 2.75) is 33.1 Å². The highest BCUT2D eigenvalue weighted by molar-refractivity contribution is 5.54. The number of aryl methyl sites for hydroxylation is 1. The Morgan fingerprint density at radius 1 is 1.40 bits per heavy atom. The lowest BCUT2D eigenvalue weighted by Gasteiger charge is -2.18. The van der Waals surface area contributed by atoms with Crippen molar-refractivity contribution in [3.05, 3.63) is 17.8 Å². The Hall–Kier alpha value is -1.25. The molecule has 2 N–H and O–H groups in total. The zero-order chi connectivity index (χ0) is 11.3. The number of nitrogens with two attached hydrogens (primary N) is 1. The van der Waals surface area contributed by atoms with Gasteiger partial charge in [0, 0.05) is 31.5 Å². The van der Waals surface area contributed by atoms with Crippen LogP contribution in [0.4, 0.5) is 11.5 Å². The Kier molecular flexibility index (Phi) is 4.40. The first kappa shape index (κ1) is 11.8. The highest BCUT2D eigenvalue weighted by Gasteiger charge is 2.03. The number of hydrogen-bond acceptors (Lipinski definition) is 3. The van der Waals surface area contributed by atoms with E-state index >= 15 is 0 Å². The Morgan fingerprint density at radius 2 is 2.13 bits per heavy atom. The molecule has 1 aromatic rings. The van der Waals surface area contributed by atoms with Crippen LogP contribution in [0.1, 0.15) is 31.7 Å². The molecule has 0 radical (unpaired) electrons. The molecule has 0 aliphatic carbocycles. The van der Waals surface area contributed by atoms with Gasteiger partial charge in [-0.1, -0.05) is 19.8 Å². The van der Waals surface area contributed by atoms with Crippen LogP contribution in [0.5, 0.6) is 0 Å². The van der Waals surface area contributed by atoms with Crippen LogP contribution < -0.4 is 10.6 Å². The van der Waals surface area contributed by atoms with Crippen molar-refractivity contribution in [2.75, 3.05) is 24.2 Å². The molecular weight excluding hydrogens is 186 g/mol. The van der Waals surface area contributed by atoms with Crippen LogP contribution in [-0.4, -0.2) is 18.6 Å². The van der Waals surface area contributed by atoms with E-state index in [0.717, 1.165) is 23.6 Å². The summed E-state index contributed by atoms with van der Waals surface area (Å²) in [6.45, 7) is 5.23. The highest BCUT2D eigenvalue weighted by Crippen LogP contribution is 2.16. The molecule has 0 aromatic carbocycles. The summed E-state index contributed by atoms with van der Waals surface area (Å²) in [5.74, 6) is 0.967. The number of unbranched alkanes of at least 4 members (excludes halogenated alkanes) is 2. The van der Waals surface area contributed by atoms with Gasteiger partial charge in [0.05, 0.1) is 0 Å². The third-order valence-electron chi connectivity index (χ3n) is 2.62. The fourth-order valence-electron chi connectivity index (χ4n) is 1.45. The van der Waals surface area contributed by atoms with E-state index < -0.39 is 0 Å². The molecule has 0 atom stereocenters. The summed E-state index contributed by atoms with van der Waals surface area (Å²) in [4.78, 5) is 6.52. The molecule has 0 spiro atoms. The summed E-state index contributed by atoms with van der Waals surface area (Å²) in [6, 6.07) is 1.95. The van der Waals surface area contributed by atoms with Crippen molar-refractivity contribution in [1.29, 1.82) is 0 Å². The van der Waals surface area contributed by atoms with Gasteiger partial charge in [-0.2, -0.15) is 0 Å². The first-order valence-corrected chi connectivity index (χ1v) is 5.58. The minimum atomic E-state index is 0.822. The summed E-state index contributed by atoms with van der Waals surface area (Å²) >= 11 is 0. The lowest BCUT2D eigenvalue weighted by atomic mass is 10.2. The summed E-state index contributed by atoms with van der Waals surface area (Å²) < 4.78 is 0. The molecule has 0 unspecified atom stereocenters. The first-order chi connectivity index (χ1) is 7.15. The summed E-state index contributed by atoms with van der Waals surface area (Å²) in [5.41, 5.74) is 7.71. The third-order valence-corrected chi connectivity index (χ3v) is 2.62. The number of nitrogens with zero attached hydrogens (tertiary/aromatic N) is 2. The van der Waals surface area contributed by atoms with Gasteiger partial charge in [0.1, 0.15) is 5.82 Å². The Labute approximate surface area is 92.3 Å². The van der Waals surface area contributed by atoms with Gasteiger partial charge in [-0.25, -0.2) is 4.98 Å². The van der Waals surface area contributed by atoms with Crippen molar-refractivity contribution in [1.82, 2.24) is 4.98 Å². The number of nitrogen functional groups attached to an aromatic ring is 1. The zero-order valence-corrected chi connectivity index (χ0v) is 9.95. The number of aromatic nitrogens is 1. The molecular formula is C12H21N3. The van der Waals surface area contributed by atoms with E-state index in [2.05, 4.69) is 23.9 Å². The molecule has 0 fully saturated rings. The second kappa shape index (κ2) is 5.59. The van der Waals surface area contributed by atoms with Gasteiger partial charge < -0.3 is 10.6 Å². The molecule has 3 heteroatoms. The molecule has 1 heterocycles. The topological polar surface area (TPSA) is 42.1 Å². The van der Waals surface area contributed by atoms with Gasteiger partial charge in [-0.05, 0) is 18.9 Å². The molecule has 0 saturated heterocycles. The van der Waals surface area contributed by atoms with Crippen LogP contribution in [0.15, 0.2) is 12.3 Å². The molecule has 1 aromatic heterocycles. The van der Waals surface area contributed by atoms with Crippen LogP contribution in [0.3, 0.4) is 0 Å². The maximum Gasteiger partial charge on any atom is 0.130 e. The summed E-state index contributed by atoms with van der Waals surface area (Å²) in [7, 11) is 2.06. The SMILES string of the molecule is CCCCCN(C)c1cc(N)c(C)cn1. The lowest BCUT2D eigenvalue weighted by molar-refractivity contribution is 0.701. The van der Waals surface area contributed by atoms with Crippen LogP contribution >= 0.6 is 0 Å². The number of rotatable bonds is 5. The molecule has 0 amide bonds. The molecule has 1 rings (SSSR count). The van der Waals surface area contributed by atoms with Gasteiger partial charge >= 0.3 is 0 Å². The zero-order valence-electron chi connectivity index (χ0n) is 9.95. The Balaban J connectivity index is 2.57. The minimum absolute atomic E-state index is 0.822. The van der Waals surface area contributed by atoms with Crippen molar-refractivity contribution < 1.29 is 0 Å². The van der Waals surface area contributed by atoms with Gasteiger partial charge in [-0.15, -0.1) is 0 Å². The predicted molar refractivity (Wildman–Crippen MR) is 66.2 cm³/mol. The fraction of sp³-hybridized carbons (Fsp3) is 0.583. The van der Waals surface area contributed by atoms with E-state index in [1.807, 2.05) is 19.2 Å². The Morgan fingerprint density at radius 3 is 2.73 bits per heavy atom. The minimum Gasteiger partial charge on any atom is -0.398 e. The van der Waals surface area contributed by atoms with Crippen molar-refractivity contribution >= 4 is 11.5 Å². The van der Waals surface area contributed by atoms with Crippen LogP contribution in [0.25, 0.3) is 0 Å². The van der Waals surface area contributed by atoms with E-state index in [0.29, 0.717) is 0 Å². The first-order valence-electron chi connectivity index (χ1n) is 5.58. The highest BCUT2D eigenvalue weighted by atomic mass is 15.2. The monoisotopic (exact) mass is 207 g/mol.